The molecule has 0 aromatic rings. The van der Waals surface area contributed by atoms with E-state index >= 15 is 0 Å². The van der Waals surface area contributed by atoms with E-state index in [2.05, 4.69) is 21.7 Å². The molecule has 0 saturated heterocycles. The monoisotopic (exact) mass is 310 g/mol. The van der Waals surface area contributed by atoms with Gasteiger partial charge in [-0.15, -0.1) is 0 Å². The molecule has 0 atom stereocenters. The molecule has 6 heteroatoms. The van der Waals surface area contributed by atoms with Crippen LogP contribution in [0.25, 0.3) is 0 Å². The summed E-state index contributed by atoms with van der Waals surface area (Å²) in [6.45, 7) is 8.54. The van der Waals surface area contributed by atoms with Crippen molar-refractivity contribution in [2.45, 2.75) is 39.2 Å². The molecule has 1 aliphatic heterocycles. The predicted molar refractivity (Wildman–Crippen MR) is 90.0 cm³/mol. The third kappa shape index (κ3) is 7.45. The Morgan fingerprint density at radius 3 is 2.73 bits per heavy atom. The van der Waals surface area contributed by atoms with E-state index in [0.29, 0.717) is 0 Å². The fourth-order valence-electron chi connectivity index (χ4n) is 2.26. The van der Waals surface area contributed by atoms with Crippen LogP contribution < -0.4 is 10.6 Å². The molecule has 0 aromatic heterocycles. The van der Waals surface area contributed by atoms with Crippen molar-refractivity contribution in [3.8, 4) is 0 Å². The predicted octanol–water partition coefficient (Wildman–Crippen LogP) is 1.15. The maximum atomic E-state index is 12.0. The van der Waals surface area contributed by atoms with Gasteiger partial charge in [-0.1, -0.05) is 11.6 Å². The number of hydrogen-bond donors (Lipinski definition) is 2. The lowest BCUT2D eigenvalue weighted by Gasteiger charge is -2.25. The van der Waals surface area contributed by atoms with Crippen molar-refractivity contribution in [2.75, 3.05) is 40.4 Å². The zero-order valence-corrected chi connectivity index (χ0v) is 14.5. The minimum absolute atomic E-state index is 0.00918. The van der Waals surface area contributed by atoms with Crippen LogP contribution >= 0.6 is 0 Å². The van der Waals surface area contributed by atoms with Crippen LogP contribution in [0, 0.1) is 0 Å². The van der Waals surface area contributed by atoms with E-state index < -0.39 is 0 Å². The lowest BCUT2D eigenvalue weighted by Crippen LogP contribution is -2.48. The van der Waals surface area contributed by atoms with Crippen molar-refractivity contribution in [3.63, 3.8) is 0 Å². The van der Waals surface area contributed by atoms with Crippen molar-refractivity contribution in [3.05, 3.63) is 11.6 Å². The maximum Gasteiger partial charge on any atom is 0.240 e. The molecule has 0 aromatic carbocycles. The number of hydrogen-bond acceptors (Lipinski definition) is 3. The highest BCUT2D eigenvalue weighted by molar-refractivity contribution is 5.86. The first kappa shape index (κ1) is 18.5. The quantitative estimate of drug-likeness (QED) is 0.454. The first-order chi connectivity index (χ1) is 10.3. The number of nitrogens with one attached hydrogen (secondary N) is 2. The third-order valence-electron chi connectivity index (χ3n) is 3.26. The summed E-state index contributed by atoms with van der Waals surface area (Å²) in [6, 6.07) is 0. The number of ether oxygens (including phenoxy) is 1. The van der Waals surface area contributed by atoms with Crippen LogP contribution in [0.4, 0.5) is 0 Å². The Hall–Kier alpha value is -1.56. The average molecular weight is 310 g/mol. The molecule has 1 aliphatic rings. The lowest BCUT2D eigenvalue weighted by molar-refractivity contribution is -0.122. The Morgan fingerprint density at radius 1 is 1.45 bits per heavy atom. The van der Waals surface area contributed by atoms with Crippen LogP contribution in [0.3, 0.4) is 0 Å². The highest BCUT2D eigenvalue weighted by atomic mass is 16.5. The molecular formula is C16H30N4O2. The molecule has 0 unspecified atom stereocenters. The van der Waals surface area contributed by atoms with Crippen molar-refractivity contribution in [1.29, 1.82) is 0 Å². The van der Waals surface area contributed by atoms with Gasteiger partial charge in [0.25, 0.3) is 0 Å². The molecule has 126 valence electrons. The lowest BCUT2D eigenvalue weighted by atomic mass is 10.1. The Morgan fingerprint density at radius 2 is 2.18 bits per heavy atom. The normalized spacial score (nSPS) is 16.0. The Balaban J connectivity index is 2.36. The highest BCUT2D eigenvalue weighted by Gasteiger charge is 2.16. The molecule has 0 saturated carbocycles. The standard InChI is InChI=1S/C16H30N4O2/c1-16(2,3)19-14(21)12-20(5)15(17-4)18-9-6-13-7-10-22-11-8-13/h7H,6,8-12H2,1-5H3,(H,17,18)(H,19,21). The topological polar surface area (TPSA) is 66.0 Å². The number of carbonyl (C=O) groups is 1. The van der Waals surface area contributed by atoms with Crippen LogP contribution in [0.1, 0.15) is 33.6 Å². The summed E-state index contributed by atoms with van der Waals surface area (Å²) in [5.74, 6) is 0.724. The summed E-state index contributed by atoms with van der Waals surface area (Å²) in [4.78, 5) is 18.0. The molecule has 0 fully saturated rings. The average Bonchev–Trinajstić information content (AvgIpc) is 2.42. The van der Waals surface area contributed by atoms with Crippen molar-refractivity contribution >= 4 is 11.9 Å². The molecule has 0 aliphatic carbocycles. The SMILES string of the molecule is CN=C(NCCC1=CCOCC1)N(C)CC(=O)NC(C)(C)C. The van der Waals surface area contributed by atoms with Gasteiger partial charge in [-0.25, -0.2) is 0 Å². The summed E-state index contributed by atoms with van der Waals surface area (Å²) in [7, 11) is 3.60. The Bertz CT molecular complexity index is 424. The number of nitrogens with zero attached hydrogens (tertiary/aromatic N) is 2. The zero-order chi connectivity index (χ0) is 16.6. The first-order valence-corrected chi connectivity index (χ1v) is 7.80. The van der Waals surface area contributed by atoms with Gasteiger partial charge in [0, 0.05) is 26.2 Å². The van der Waals surface area contributed by atoms with Crippen molar-refractivity contribution in [2.24, 2.45) is 4.99 Å². The van der Waals surface area contributed by atoms with Gasteiger partial charge in [-0.3, -0.25) is 9.79 Å². The molecule has 0 bridgehead atoms. The smallest absolute Gasteiger partial charge is 0.240 e. The van der Waals surface area contributed by atoms with E-state index in [9.17, 15) is 4.79 Å². The van der Waals surface area contributed by atoms with Crippen LogP contribution in [0.5, 0.6) is 0 Å². The van der Waals surface area contributed by atoms with Gasteiger partial charge in [0.1, 0.15) is 0 Å². The van der Waals surface area contributed by atoms with Crippen LogP contribution in [-0.4, -0.2) is 62.7 Å². The second-order valence-electron chi connectivity index (χ2n) is 6.57. The third-order valence-corrected chi connectivity index (χ3v) is 3.26. The van der Waals surface area contributed by atoms with Gasteiger partial charge in [0.15, 0.2) is 5.96 Å². The van der Waals surface area contributed by atoms with Gasteiger partial charge < -0.3 is 20.3 Å². The molecule has 1 amide bonds. The minimum Gasteiger partial charge on any atom is -0.377 e. The van der Waals surface area contributed by atoms with E-state index in [-0.39, 0.29) is 18.0 Å². The molecule has 22 heavy (non-hydrogen) atoms. The summed E-state index contributed by atoms with van der Waals surface area (Å²) >= 11 is 0. The fraction of sp³-hybridized carbons (Fsp3) is 0.750. The van der Waals surface area contributed by atoms with Gasteiger partial charge in [-0.05, 0) is 33.6 Å². The molecule has 1 rings (SSSR count). The number of aliphatic imine (C=N–C) groups is 1. The van der Waals surface area contributed by atoms with Gasteiger partial charge in [0.05, 0.1) is 19.8 Å². The van der Waals surface area contributed by atoms with E-state index in [0.717, 1.165) is 38.6 Å². The van der Waals surface area contributed by atoms with Crippen molar-refractivity contribution in [1.82, 2.24) is 15.5 Å². The number of carbonyl (C=O) groups excluding carboxylic acids is 1. The Kier molecular flexibility index (Phi) is 7.38. The van der Waals surface area contributed by atoms with Gasteiger partial charge >= 0.3 is 0 Å². The zero-order valence-electron chi connectivity index (χ0n) is 14.5. The van der Waals surface area contributed by atoms with E-state index in [1.54, 1.807) is 7.05 Å². The van der Waals surface area contributed by atoms with E-state index in [1.807, 2.05) is 32.7 Å². The number of rotatable bonds is 5. The molecular weight excluding hydrogens is 280 g/mol. The molecule has 6 nitrogen and oxygen atoms in total. The minimum atomic E-state index is -0.218. The molecule has 1 heterocycles. The van der Waals surface area contributed by atoms with Crippen LogP contribution in [-0.2, 0) is 9.53 Å². The fourth-order valence-corrected chi connectivity index (χ4v) is 2.26. The van der Waals surface area contributed by atoms with E-state index in [4.69, 9.17) is 4.74 Å². The molecule has 0 radical (unpaired) electrons. The summed E-state index contributed by atoms with van der Waals surface area (Å²) in [5, 5.41) is 6.25. The largest absolute Gasteiger partial charge is 0.377 e. The second kappa shape index (κ2) is 8.78. The second-order valence-corrected chi connectivity index (χ2v) is 6.57. The number of guanidine groups is 1. The maximum absolute atomic E-state index is 12.0. The Labute approximate surface area is 134 Å². The summed E-state index contributed by atoms with van der Waals surface area (Å²) in [6.07, 6.45) is 4.13. The van der Waals surface area contributed by atoms with Gasteiger partial charge in [0.2, 0.25) is 5.91 Å². The molecule has 2 N–H and O–H groups in total. The number of likely N-dealkylation sites (N-methyl/N-ethyl adjacent to an activating group) is 1. The number of amides is 1. The summed E-state index contributed by atoms with van der Waals surface area (Å²) < 4.78 is 5.30. The van der Waals surface area contributed by atoms with Crippen LogP contribution in [0.2, 0.25) is 0 Å². The van der Waals surface area contributed by atoms with E-state index in [1.165, 1.54) is 5.57 Å². The highest BCUT2D eigenvalue weighted by Crippen LogP contribution is 2.10. The van der Waals surface area contributed by atoms with Gasteiger partial charge in [-0.2, -0.15) is 0 Å². The van der Waals surface area contributed by atoms with Crippen LogP contribution in [0.15, 0.2) is 16.6 Å². The summed E-state index contributed by atoms with van der Waals surface area (Å²) in [5.41, 5.74) is 1.20. The molecule has 0 spiro atoms. The first-order valence-electron chi connectivity index (χ1n) is 7.80. The van der Waals surface area contributed by atoms with Crippen molar-refractivity contribution < 1.29 is 9.53 Å².